The van der Waals surface area contributed by atoms with Crippen molar-refractivity contribution in [2.75, 3.05) is 36.8 Å². The molecule has 0 unspecified atom stereocenters. The molecule has 0 aromatic heterocycles. The van der Waals surface area contributed by atoms with E-state index in [9.17, 15) is 0 Å². The Balaban J connectivity index is 0. The van der Waals surface area contributed by atoms with Crippen molar-refractivity contribution in [3.05, 3.63) is 58.7 Å². The quantitative estimate of drug-likeness (QED) is 0.322. The third-order valence-corrected chi connectivity index (χ3v) is 4.17. The normalized spacial score (nSPS) is 9.38. The number of aryl methyl sites for hydroxylation is 4. The van der Waals surface area contributed by atoms with Crippen molar-refractivity contribution >= 4 is 11.4 Å². The van der Waals surface area contributed by atoms with E-state index in [-0.39, 0.29) is 44.6 Å². The molecule has 0 heterocycles. The summed E-state index contributed by atoms with van der Waals surface area (Å²) in [7, 11) is 0. The van der Waals surface area contributed by atoms with E-state index in [1.54, 1.807) is 0 Å². The van der Waals surface area contributed by atoms with Gasteiger partial charge in [-0.1, -0.05) is 36.4 Å². The zero-order chi connectivity index (χ0) is 16.7. The Hall–Kier alpha value is -0.784. The molecule has 2 aromatic carbocycles. The number of hydrogen-bond acceptors (Lipinski definition) is 3. The first-order chi connectivity index (χ1) is 11.1. The first kappa shape index (κ1) is 27.4. The standard InChI is InChI=1S/C20H29N3.2ClH.Os/c1-15-7-5-8-16(2)19(15)22-13-11-21-12-14-23-20-17(3)9-6-10-18(20)4;;;/h5-10,21-23H,11-14H2,1-4H3;2*1H;/q;;;+2/p-2. The van der Waals surface area contributed by atoms with E-state index in [1.165, 1.54) is 33.6 Å². The Morgan fingerprint density at radius 2 is 0.885 bits per heavy atom. The molecule has 0 fully saturated rings. The van der Waals surface area contributed by atoms with Gasteiger partial charge in [-0.2, -0.15) is 0 Å². The number of nitrogens with one attached hydrogen (secondary N) is 3. The molecule has 0 radical (unpaired) electrons. The molecular weight excluding hydrogens is 543 g/mol. The number of benzene rings is 2. The summed E-state index contributed by atoms with van der Waals surface area (Å²) in [5.74, 6) is 0. The molecule has 0 aliphatic carbocycles. The second-order valence-corrected chi connectivity index (χ2v) is 6.14. The van der Waals surface area contributed by atoms with E-state index in [4.69, 9.17) is 0 Å². The van der Waals surface area contributed by atoms with Gasteiger partial charge in [0.15, 0.2) is 0 Å². The minimum atomic E-state index is 0. The summed E-state index contributed by atoms with van der Waals surface area (Å²) in [6, 6.07) is 12.8. The van der Waals surface area contributed by atoms with Gasteiger partial charge >= 0.3 is 19.8 Å². The van der Waals surface area contributed by atoms with Gasteiger partial charge in [0, 0.05) is 37.6 Å². The van der Waals surface area contributed by atoms with Crippen molar-refractivity contribution in [1.29, 1.82) is 0 Å². The zero-order valence-electron chi connectivity index (χ0n) is 15.9. The van der Waals surface area contributed by atoms with E-state index >= 15 is 0 Å². The predicted octanol–water partition coefficient (Wildman–Crippen LogP) is -1.96. The predicted molar refractivity (Wildman–Crippen MR) is 102 cm³/mol. The van der Waals surface area contributed by atoms with E-state index in [1.807, 2.05) is 0 Å². The maximum absolute atomic E-state index is 3.53. The van der Waals surface area contributed by atoms with Gasteiger partial charge in [0.1, 0.15) is 0 Å². The molecule has 6 heteroatoms. The number of halogens is 2. The van der Waals surface area contributed by atoms with Gasteiger partial charge in [0.2, 0.25) is 0 Å². The molecule has 146 valence electrons. The van der Waals surface area contributed by atoms with E-state index in [0.29, 0.717) is 0 Å². The van der Waals surface area contributed by atoms with Crippen LogP contribution in [-0.2, 0) is 19.8 Å². The second kappa shape index (κ2) is 14.3. The fourth-order valence-electron chi connectivity index (χ4n) is 2.86. The molecule has 0 saturated heterocycles. The Morgan fingerprint density at radius 1 is 0.577 bits per heavy atom. The molecule has 0 aliphatic rings. The summed E-state index contributed by atoms with van der Waals surface area (Å²) in [6.45, 7) is 12.4. The van der Waals surface area contributed by atoms with Crippen LogP contribution in [0.1, 0.15) is 22.3 Å². The molecule has 0 atom stereocenters. The molecule has 0 bridgehead atoms. The van der Waals surface area contributed by atoms with E-state index in [2.05, 4.69) is 80.0 Å². The van der Waals surface area contributed by atoms with E-state index < -0.39 is 0 Å². The first-order valence-electron chi connectivity index (χ1n) is 8.40. The van der Waals surface area contributed by atoms with Crippen LogP contribution in [0, 0.1) is 27.7 Å². The van der Waals surface area contributed by atoms with Crippen LogP contribution in [0.5, 0.6) is 0 Å². The SMILES string of the molecule is Cc1cccc(C)c1NCCNCCNc1c(C)cccc1C.[Cl-].[Cl-].[Os+2]. The molecule has 0 aliphatic heterocycles. The van der Waals surface area contributed by atoms with Crippen LogP contribution in [0.15, 0.2) is 36.4 Å². The molecule has 0 amide bonds. The van der Waals surface area contributed by atoms with Crippen molar-refractivity contribution in [1.82, 2.24) is 5.32 Å². The third kappa shape index (κ3) is 8.27. The fraction of sp³-hybridized carbons (Fsp3) is 0.400. The Morgan fingerprint density at radius 3 is 1.19 bits per heavy atom. The fourth-order valence-corrected chi connectivity index (χ4v) is 2.86. The summed E-state index contributed by atoms with van der Waals surface area (Å²) < 4.78 is 0. The summed E-state index contributed by atoms with van der Waals surface area (Å²) in [4.78, 5) is 0. The van der Waals surface area contributed by atoms with Crippen molar-refractivity contribution in [3.63, 3.8) is 0 Å². The molecule has 3 nitrogen and oxygen atoms in total. The minimum Gasteiger partial charge on any atom is -1.00 e. The molecule has 26 heavy (non-hydrogen) atoms. The summed E-state index contributed by atoms with van der Waals surface area (Å²) in [5.41, 5.74) is 7.76. The second-order valence-electron chi connectivity index (χ2n) is 6.14. The van der Waals surface area contributed by atoms with Gasteiger partial charge in [-0.3, -0.25) is 0 Å². The molecule has 0 spiro atoms. The van der Waals surface area contributed by atoms with Gasteiger partial charge < -0.3 is 40.8 Å². The summed E-state index contributed by atoms with van der Waals surface area (Å²) in [5, 5.41) is 10.5. The van der Waals surface area contributed by atoms with Crippen LogP contribution in [0.3, 0.4) is 0 Å². The minimum absolute atomic E-state index is 0. The van der Waals surface area contributed by atoms with Crippen LogP contribution < -0.4 is 40.8 Å². The third-order valence-electron chi connectivity index (χ3n) is 4.17. The van der Waals surface area contributed by atoms with Gasteiger partial charge in [0.25, 0.3) is 0 Å². The van der Waals surface area contributed by atoms with Crippen LogP contribution in [0.25, 0.3) is 0 Å². The maximum atomic E-state index is 3.53. The smallest absolute Gasteiger partial charge is 1.00 e. The van der Waals surface area contributed by atoms with Crippen LogP contribution in [0.4, 0.5) is 11.4 Å². The number of hydrogen-bond donors (Lipinski definition) is 3. The molecule has 2 aromatic rings. The summed E-state index contributed by atoms with van der Waals surface area (Å²) >= 11 is 0. The Labute approximate surface area is 184 Å². The van der Waals surface area contributed by atoms with Crippen molar-refractivity contribution in [2.45, 2.75) is 27.7 Å². The topological polar surface area (TPSA) is 36.1 Å². The van der Waals surface area contributed by atoms with Gasteiger partial charge in [-0.25, -0.2) is 0 Å². The zero-order valence-corrected chi connectivity index (χ0v) is 20.0. The first-order valence-corrected chi connectivity index (χ1v) is 8.40. The monoisotopic (exact) mass is 573 g/mol. The van der Waals surface area contributed by atoms with Crippen molar-refractivity contribution in [2.24, 2.45) is 0 Å². The molecule has 2 rings (SSSR count). The van der Waals surface area contributed by atoms with Crippen LogP contribution in [-0.4, -0.2) is 26.2 Å². The van der Waals surface area contributed by atoms with Crippen LogP contribution in [0.2, 0.25) is 0 Å². The van der Waals surface area contributed by atoms with Gasteiger partial charge in [0.05, 0.1) is 0 Å². The summed E-state index contributed by atoms with van der Waals surface area (Å²) in [6.07, 6.45) is 0. The number of rotatable bonds is 8. The average molecular weight is 573 g/mol. The molecule has 3 N–H and O–H groups in total. The number of anilines is 2. The largest absolute Gasteiger partial charge is 2.00 e. The average Bonchev–Trinajstić information content (AvgIpc) is 2.51. The van der Waals surface area contributed by atoms with Gasteiger partial charge in [-0.05, 0) is 49.9 Å². The Bertz CT molecular complexity index is 555. The van der Waals surface area contributed by atoms with Crippen LogP contribution >= 0.6 is 0 Å². The molecule has 0 saturated carbocycles. The number of para-hydroxylation sites is 2. The van der Waals surface area contributed by atoms with Crippen molar-refractivity contribution < 1.29 is 44.6 Å². The Kier molecular flexibility index (Phi) is 15.1. The van der Waals surface area contributed by atoms with Crippen molar-refractivity contribution in [3.8, 4) is 0 Å². The van der Waals surface area contributed by atoms with Gasteiger partial charge in [-0.15, -0.1) is 0 Å². The van der Waals surface area contributed by atoms with E-state index in [0.717, 1.165) is 26.2 Å². The maximum Gasteiger partial charge on any atom is 2.00 e. The molecular formula is C20H29Cl2N3Os.